The topological polar surface area (TPSA) is 85.5 Å². The molecule has 4 aliphatic rings. The summed E-state index contributed by atoms with van der Waals surface area (Å²) in [7, 11) is 2.05. The molecule has 3 aliphatic heterocycles. The number of thioether (sulfide) groups is 2. The summed E-state index contributed by atoms with van der Waals surface area (Å²) in [5.41, 5.74) is 3.33. The van der Waals surface area contributed by atoms with E-state index in [0.29, 0.717) is 29.5 Å². The van der Waals surface area contributed by atoms with Crippen molar-refractivity contribution in [3.8, 4) is 0 Å². The molecule has 0 bridgehead atoms. The van der Waals surface area contributed by atoms with Gasteiger partial charge < -0.3 is 10.6 Å². The van der Waals surface area contributed by atoms with E-state index in [1.807, 2.05) is 18.8 Å². The number of carbonyl (C=O) groups excluding carboxylic acids is 2. The minimum Gasteiger partial charge on any atom is -0.353 e. The predicted octanol–water partition coefficient (Wildman–Crippen LogP) is 0.972. The Hall–Kier alpha value is -0.480. The number of rotatable bonds is 7. The zero-order valence-electron chi connectivity index (χ0n) is 17.6. The molecule has 0 aromatic rings. The molecule has 0 radical (unpaired) electrons. The van der Waals surface area contributed by atoms with Gasteiger partial charge in [0.05, 0.1) is 17.5 Å². The molecule has 1 aliphatic carbocycles. The lowest BCUT2D eigenvalue weighted by Crippen LogP contribution is -2.61. The Kier molecular flexibility index (Phi) is 7.00. The van der Waals surface area contributed by atoms with Gasteiger partial charge in [-0.15, -0.1) is 11.8 Å². The largest absolute Gasteiger partial charge is 0.353 e. The SMILES string of the molecule is CC(NC(=O)CCSCC1NC(=O)C2C(N1)SC1CCCC12)C1CNN(C)C1C. The van der Waals surface area contributed by atoms with E-state index in [2.05, 4.69) is 40.2 Å². The van der Waals surface area contributed by atoms with E-state index in [1.165, 1.54) is 19.3 Å². The second-order valence-electron chi connectivity index (χ2n) is 9.00. The second kappa shape index (κ2) is 9.34. The molecule has 8 atom stereocenters. The van der Waals surface area contributed by atoms with E-state index in [1.54, 1.807) is 11.8 Å². The van der Waals surface area contributed by atoms with E-state index in [-0.39, 0.29) is 35.3 Å². The minimum absolute atomic E-state index is 0.0167. The molecule has 29 heavy (non-hydrogen) atoms. The first-order valence-electron chi connectivity index (χ1n) is 11.0. The molecule has 3 saturated heterocycles. The van der Waals surface area contributed by atoms with Crippen LogP contribution in [0.3, 0.4) is 0 Å². The predicted molar refractivity (Wildman–Crippen MR) is 119 cm³/mol. The molecule has 4 rings (SSSR count). The van der Waals surface area contributed by atoms with Crippen LogP contribution >= 0.6 is 23.5 Å². The summed E-state index contributed by atoms with van der Waals surface area (Å²) in [6.07, 6.45) is 4.27. The Balaban J connectivity index is 1.14. The molecular weight excluding hydrogens is 406 g/mol. The monoisotopic (exact) mass is 441 g/mol. The molecule has 0 aromatic carbocycles. The number of fused-ring (bicyclic) bond motifs is 3. The first-order valence-corrected chi connectivity index (χ1v) is 13.1. The Labute approximate surface area is 182 Å². The van der Waals surface area contributed by atoms with Crippen molar-refractivity contribution in [1.29, 1.82) is 0 Å². The fraction of sp³-hybridized carbons (Fsp3) is 0.900. The molecule has 9 heteroatoms. The maximum absolute atomic E-state index is 12.6. The molecule has 4 N–H and O–H groups in total. The molecule has 2 amide bonds. The first kappa shape index (κ1) is 21.7. The molecular formula is C20H35N5O2S2. The van der Waals surface area contributed by atoms with Crippen LogP contribution in [0.4, 0.5) is 0 Å². The fourth-order valence-electron chi connectivity index (χ4n) is 5.35. The third-order valence-corrected chi connectivity index (χ3v) is 9.91. The van der Waals surface area contributed by atoms with Gasteiger partial charge in [0.25, 0.3) is 0 Å². The summed E-state index contributed by atoms with van der Waals surface area (Å²) in [5.74, 6) is 3.07. The fourth-order valence-corrected chi connectivity index (χ4v) is 8.19. The van der Waals surface area contributed by atoms with Crippen LogP contribution in [0.1, 0.15) is 39.5 Å². The van der Waals surface area contributed by atoms with Crippen molar-refractivity contribution in [2.24, 2.45) is 17.8 Å². The second-order valence-corrected chi connectivity index (χ2v) is 11.5. The molecule has 4 fully saturated rings. The van der Waals surface area contributed by atoms with E-state index < -0.39 is 0 Å². The van der Waals surface area contributed by atoms with Crippen molar-refractivity contribution in [2.45, 2.75) is 68.4 Å². The standard InChI is InChI=1S/C20H35N5O2S2/c1-11(14-9-21-25(3)12(14)2)22-17(26)7-8-28-10-16-23-19(27)18-13-5-4-6-15(13)29-20(18)24-16/h11-16,18,20-21,24H,4-10H2,1-3H3,(H,22,26)(H,23,27). The Morgan fingerprint density at radius 3 is 3.00 bits per heavy atom. The van der Waals surface area contributed by atoms with Crippen molar-refractivity contribution in [2.75, 3.05) is 25.1 Å². The van der Waals surface area contributed by atoms with Gasteiger partial charge in [0.1, 0.15) is 0 Å². The molecule has 3 heterocycles. The number of nitrogens with one attached hydrogen (secondary N) is 4. The van der Waals surface area contributed by atoms with Gasteiger partial charge in [0.15, 0.2) is 0 Å². The Morgan fingerprint density at radius 1 is 1.41 bits per heavy atom. The van der Waals surface area contributed by atoms with E-state index >= 15 is 0 Å². The average Bonchev–Trinajstić information content (AvgIpc) is 3.34. The number of carbonyl (C=O) groups is 2. The maximum atomic E-state index is 12.6. The number of hydrogen-bond acceptors (Lipinski definition) is 7. The third-order valence-electron chi connectivity index (χ3n) is 7.19. The quantitative estimate of drug-likeness (QED) is 0.438. The van der Waals surface area contributed by atoms with Crippen LogP contribution in [0.5, 0.6) is 0 Å². The maximum Gasteiger partial charge on any atom is 0.227 e. The number of hydrazine groups is 1. The highest BCUT2D eigenvalue weighted by molar-refractivity contribution is 8.00. The van der Waals surface area contributed by atoms with Crippen molar-refractivity contribution >= 4 is 35.3 Å². The lowest BCUT2D eigenvalue weighted by molar-refractivity contribution is -0.129. The Bertz CT molecular complexity index is 624. The summed E-state index contributed by atoms with van der Waals surface area (Å²) in [6.45, 7) is 5.19. The summed E-state index contributed by atoms with van der Waals surface area (Å²) < 4.78 is 0. The summed E-state index contributed by atoms with van der Waals surface area (Å²) in [6, 6.07) is 0.576. The molecule has 7 nitrogen and oxygen atoms in total. The lowest BCUT2D eigenvalue weighted by atomic mass is 9.88. The smallest absolute Gasteiger partial charge is 0.227 e. The molecule has 164 valence electrons. The van der Waals surface area contributed by atoms with Crippen LogP contribution in [0, 0.1) is 17.8 Å². The van der Waals surface area contributed by atoms with Gasteiger partial charge in [-0.05, 0) is 32.6 Å². The van der Waals surface area contributed by atoms with E-state index in [4.69, 9.17) is 0 Å². The number of amides is 2. The summed E-state index contributed by atoms with van der Waals surface area (Å²) in [5, 5.41) is 13.0. The molecule has 1 saturated carbocycles. The van der Waals surface area contributed by atoms with Crippen molar-refractivity contribution < 1.29 is 9.59 Å². The first-order chi connectivity index (χ1) is 13.9. The van der Waals surface area contributed by atoms with Gasteiger partial charge in [-0.25, -0.2) is 5.01 Å². The average molecular weight is 442 g/mol. The summed E-state index contributed by atoms with van der Waals surface area (Å²) >= 11 is 3.72. The van der Waals surface area contributed by atoms with E-state index in [9.17, 15) is 9.59 Å². The van der Waals surface area contributed by atoms with Crippen molar-refractivity contribution in [3.63, 3.8) is 0 Å². The highest BCUT2D eigenvalue weighted by Crippen LogP contribution is 2.51. The third kappa shape index (κ3) is 4.74. The van der Waals surface area contributed by atoms with Crippen molar-refractivity contribution in [3.05, 3.63) is 0 Å². The van der Waals surface area contributed by atoms with Gasteiger partial charge in [-0.2, -0.15) is 11.8 Å². The van der Waals surface area contributed by atoms with Crippen LogP contribution in [0.15, 0.2) is 0 Å². The number of hydrogen-bond donors (Lipinski definition) is 4. The lowest BCUT2D eigenvalue weighted by Gasteiger charge is -2.34. The van der Waals surface area contributed by atoms with Gasteiger partial charge >= 0.3 is 0 Å². The highest BCUT2D eigenvalue weighted by Gasteiger charge is 2.52. The zero-order valence-corrected chi connectivity index (χ0v) is 19.3. The normalized spacial score (nSPS) is 40.4. The van der Waals surface area contributed by atoms with Gasteiger partial charge in [-0.3, -0.25) is 20.3 Å². The molecule has 8 unspecified atom stereocenters. The summed E-state index contributed by atoms with van der Waals surface area (Å²) in [4.78, 5) is 24.9. The van der Waals surface area contributed by atoms with Crippen LogP contribution in [-0.4, -0.2) is 70.8 Å². The highest BCUT2D eigenvalue weighted by atomic mass is 32.2. The van der Waals surface area contributed by atoms with Gasteiger partial charge in [0.2, 0.25) is 11.8 Å². The van der Waals surface area contributed by atoms with Crippen LogP contribution in [0.2, 0.25) is 0 Å². The Morgan fingerprint density at radius 2 is 2.24 bits per heavy atom. The van der Waals surface area contributed by atoms with Crippen LogP contribution in [-0.2, 0) is 9.59 Å². The van der Waals surface area contributed by atoms with Crippen LogP contribution < -0.4 is 21.4 Å². The number of nitrogens with zero attached hydrogens (tertiary/aromatic N) is 1. The van der Waals surface area contributed by atoms with E-state index in [0.717, 1.165) is 18.1 Å². The van der Waals surface area contributed by atoms with Crippen LogP contribution in [0.25, 0.3) is 0 Å². The van der Waals surface area contributed by atoms with Gasteiger partial charge in [-0.1, -0.05) is 6.42 Å². The molecule has 0 aromatic heterocycles. The minimum atomic E-state index is 0.0167. The van der Waals surface area contributed by atoms with Gasteiger partial charge in [0, 0.05) is 54.8 Å². The van der Waals surface area contributed by atoms with Crippen molar-refractivity contribution in [1.82, 2.24) is 26.4 Å². The zero-order chi connectivity index (χ0) is 20.5. The molecule has 0 spiro atoms.